The number of aromatic nitrogens is 5. The lowest BCUT2D eigenvalue weighted by molar-refractivity contribution is -0.117. The molecule has 6 rings (SSSR count). The van der Waals surface area contributed by atoms with Gasteiger partial charge in [0.25, 0.3) is 0 Å². The van der Waals surface area contributed by atoms with Crippen LogP contribution in [-0.4, -0.2) is 86.7 Å². The monoisotopic (exact) mass is 534 g/mol. The van der Waals surface area contributed by atoms with Gasteiger partial charge < -0.3 is 21.3 Å². The number of aromatic amines is 1. The van der Waals surface area contributed by atoms with Gasteiger partial charge in [-0.1, -0.05) is 28.9 Å². The summed E-state index contributed by atoms with van der Waals surface area (Å²) in [6, 6.07) is 11.3. The number of piperazine rings is 1. The lowest BCUT2D eigenvalue weighted by Crippen LogP contribution is -2.43. The number of fused-ring (bicyclic) bond motifs is 1. The van der Waals surface area contributed by atoms with E-state index in [9.17, 15) is 4.79 Å². The molecule has 11 nitrogen and oxygen atoms in total. The first-order valence-corrected chi connectivity index (χ1v) is 13.2. The van der Waals surface area contributed by atoms with E-state index in [1.54, 1.807) is 0 Å². The number of carbonyl (C=O) groups excluding carboxylic acids is 1. The van der Waals surface area contributed by atoms with Crippen molar-refractivity contribution in [3.8, 4) is 11.3 Å². The van der Waals surface area contributed by atoms with Crippen molar-refractivity contribution in [3.63, 3.8) is 0 Å². The number of anilines is 2. The first-order chi connectivity index (χ1) is 18.4. The van der Waals surface area contributed by atoms with Crippen LogP contribution < -0.4 is 16.4 Å². The van der Waals surface area contributed by atoms with E-state index in [2.05, 4.69) is 48.0 Å². The number of H-pyrrole nitrogens is 1. The average molecular weight is 535 g/mol. The molecule has 0 aliphatic carbocycles. The van der Waals surface area contributed by atoms with Crippen LogP contribution in [0.4, 0.5) is 11.5 Å². The smallest absolute Gasteiger partial charge is 0.241 e. The van der Waals surface area contributed by atoms with Gasteiger partial charge in [-0.15, -0.1) is 5.10 Å². The molecule has 2 aliphatic heterocycles. The minimum atomic E-state index is -0.333. The number of carbonyl (C=O) groups is 1. The first-order valence-electron chi connectivity index (χ1n) is 12.8. The van der Waals surface area contributed by atoms with Crippen molar-refractivity contribution in [1.82, 2.24) is 40.3 Å². The largest absolute Gasteiger partial charge is 0.382 e. The van der Waals surface area contributed by atoms with Gasteiger partial charge in [0, 0.05) is 60.9 Å². The van der Waals surface area contributed by atoms with E-state index >= 15 is 0 Å². The Morgan fingerprint density at radius 1 is 1.18 bits per heavy atom. The lowest BCUT2D eigenvalue weighted by atomic mass is 10.1. The van der Waals surface area contributed by atoms with E-state index in [4.69, 9.17) is 17.3 Å². The minimum Gasteiger partial charge on any atom is -0.382 e. The molecular formula is C26H31ClN10O. The van der Waals surface area contributed by atoms with Crippen molar-refractivity contribution in [1.29, 1.82) is 0 Å². The fourth-order valence-corrected chi connectivity index (χ4v) is 5.38. The normalized spacial score (nSPS) is 20.8. The second-order valence-electron chi connectivity index (χ2n) is 10.2. The lowest BCUT2D eigenvalue weighted by Gasteiger charge is -2.32. The number of nitrogens with two attached hydrogens (primary N) is 1. The SMILES string of the molecule is CN1CCN(Cc2ccc(NC(=O)C3CC(n4cc(-c5ccc6c(N)n[nH]c6c5)nn4)CN3)cc2Cl)CC1. The minimum absolute atomic E-state index is 0.0214. The number of nitrogen functional groups attached to an aromatic ring is 1. The molecule has 38 heavy (non-hydrogen) atoms. The van der Waals surface area contributed by atoms with Gasteiger partial charge in [0.05, 0.1) is 23.8 Å². The molecule has 1 amide bonds. The standard InChI is InChI=1S/C26H31ClN10O/c1-35-6-8-36(9-7-35)14-17-2-4-18(11-21(17)27)30-26(38)23-12-19(13-29-23)37-15-24(32-34-37)16-3-5-20-22(10-16)31-33-25(20)28/h2-5,10-11,15,19,23,29H,6-9,12-14H2,1H3,(H,30,38)(H3,28,31,33). The summed E-state index contributed by atoms with van der Waals surface area (Å²) in [5.41, 5.74) is 10.2. The molecule has 2 aliphatic rings. The highest BCUT2D eigenvalue weighted by molar-refractivity contribution is 6.31. The van der Waals surface area contributed by atoms with Gasteiger partial charge in [-0.2, -0.15) is 5.10 Å². The highest BCUT2D eigenvalue weighted by Crippen LogP contribution is 2.27. The van der Waals surface area contributed by atoms with Crippen molar-refractivity contribution in [2.75, 3.05) is 50.8 Å². The number of nitrogens with one attached hydrogen (secondary N) is 3. The highest BCUT2D eigenvalue weighted by Gasteiger charge is 2.31. The zero-order valence-electron chi connectivity index (χ0n) is 21.2. The van der Waals surface area contributed by atoms with Gasteiger partial charge in [-0.05, 0) is 43.3 Å². The molecule has 2 saturated heterocycles. The van der Waals surface area contributed by atoms with E-state index < -0.39 is 0 Å². The molecule has 2 unspecified atom stereocenters. The fourth-order valence-electron chi connectivity index (χ4n) is 5.14. The third kappa shape index (κ3) is 5.10. The molecule has 0 saturated carbocycles. The van der Waals surface area contributed by atoms with Crippen LogP contribution in [0.3, 0.4) is 0 Å². The molecular weight excluding hydrogens is 504 g/mol. The second kappa shape index (κ2) is 10.3. The van der Waals surface area contributed by atoms with Gasteiger partial charge in [0.1, 0.15) is 5.69 Å². The molecule has 4 aromatic rings. The summed E-state index contributed by atoms with van der Waals surface area (Å²) in [5, 5.41) is 23.5. The third-order valence-corrected chi connectivity index (χ3v) is 7.86. The maximum absolute atomic E-state index is 13.0. The molecule has 2 aromatic heterocycles. The number of halogens is 1. The van der Waals surface area contributed by atoms with E-state index in [0.29, 0.717) is 29.5 Å². The van der Waals surface area contributed by atoms with Crippen molar-refractivity contribution in [3.05, 3.63) is 53.2 Å². The molecule has 5 N–H and O–H groups in total. The Balaban J connectivity index is 1.06. The molecule has 12 heteroatoms. The Hall–Kier alpha value is -3.51. The van der Waals surface area contributed by atoms with Crippen LogP contribution >= 0.6 is 11.6 Å². The van der Waals surface area contributed by atoms with Crippen LogP contribution in [0.2, 0.25) is 5.02 Å². The fraction of sp³-hybridized carbons (Fsp3) is 0.385. The van der Waals surface area contributed by atoms with Gasteiger partial charge >= 0.3 is 0 Å². The maximum Gasteiger partial charge on any atom is 0.241 e. The van der Waals surface area contributed by atoms with Crippen LogP contribution in [-0.2, 0) is 11.3 Å². The summed E-state index contributed by atoms with van der Waals surface area (Å²) in [6.07, 6.45) is 2.52. The van der Waals surface area contributed by atoms with Gasteiger partial charge in [0.15, 0.2) is 5.82 Å². The number of benzene rings is 2. The topological polar surface area (TPSA) is 133 Å². The number of hydrogen-bond acceptors (Lipinski definition) is 8. The Labute approximate surface area is 225 Å². The molecule has 2 fully saturated rings. The number of hydrogen-bond donors (Lipinski definition) is 4. The highest BCUT2D eigenvalue weighted by atomic mass is 35.5. The van der Waals surface area contributed by atoms with E-state index in [1.165, 1.54) is 0 Å². The van der Waals surface area contributed by atoms with Crippen molar-refractivity contribution >= 4 is 39.9 Å². The number of amides is 1. The predicted octanol–water partition coefficient (Wildman–Crippen LogP) is 2.35. The molecule has 4 heterocycles. The summed E-state index contributed by atoms with van der Waals surface area (Å²) in [4.78, 5) is 17.7. The summed E-state index contributed by atoms with van der Waals surface area (Å²) in [5.74, 6) is 0.387. The first kappa shape index (κ1) is 24.8. The average Bonchev–Trinajstić information content (AvgIpc) is 3.67. The van der Waals surface area contributed by atoms with Crippen LogP contribution in [0, 0.1) is 0 Å². The van der Waals surface area contributed by atoms with E-state index in [1.807, 2.05) is 47.3 Å². The van der Waals surface area contributed by atoms with Crippen LogP contribution in [0.15, 0.2) is 42.6 Å². The molecule has 0 spiro atoms. The summed E-state index contributed by atoms with van der Waals surface area (Å²) >= 11 is 6.58. The Morgan fingerprint density at radius 2 is 2.03 bits per heavy atom. The van der Waals surface area contributed by atoms with Crippen molar-refractivity contribution in [2.24, 2.45) is 0 Å². The van der Waals surface area contributed by atoms with Crippen molar-refractivity contribution in [2.45, 2.75) is 25.0 Å². The van der Waals surface area contributed by atoms with E-state index in [0.717, 1.165) is 60.4 Å². The van der Waals surface area contributed by atoms with Gasteiger partial charge in [0.2, 0.25) is 5.91 Å². The summed E-state index contributed by atoms with van der Waals surface area (Å²) in [6.45, 7) is 5.63. The zero-order chi connectivity index (χ0) is 26.2. The van der Waals surface area contributed by atoms with Crippen molar-refractivity contribution < 1.29 is 4.79 Å². The summed E-state index contributed by atoms with van der Waals surface area (Å²) < 4.78 is 1.82. The molecule has 2 atom stereocenters. The van der Waals surface area contributed by atoms with Gasteiger partial charge in [-0.25, -0.2) is 4.68 Å². The Morgan fingerprint density at radius 3 is 2.84 bits per heavy atom. The number of likely N-dealkylation sites (N-methyl/N-ethyl adjacent to an activating group) is 1. The van der Waals surface area contributed by atoms with Crippen LogP contribution in [0.5, 0.6) is 0 Å². The zero-order valence-corrected chi connectivity index (χ0v) is 21.9. The second-order valence-corrected chi connectivity index (χ2v) is 10.6. The quantitative estimate of drug-likeness (QED) is 0.296. The predicted molar refractivity (Wildman–Crippen MR) is 148 cm³/mol. The number of rotatable bonds is 6. The van der Waals surface area contributed by atoms with E-state index in [-0.39, 0.29) is 18.0 Å². The van der Waals surface area contributed by atoms with Crippen LogP contribution in [0.25, 0.3) is 22.2 Å². The molecule has 2 aromatic carbocycles. The molecule has 0 radical (unpaired) electrons. The number of nitrogens with zero attached hydrogens (tertiary/aromatic N) is 6. The van der Waals surface area contributed by atoms with Crippen LogP contribution in [0.1, 0.15) is 18.0 Å². The maximum atomic E-state index is 13.0. The van der Waals surface area contributed by atoms with Gasteiger partial charge in [-0.3, -0.25) is 14.8 Å². The molecule has 0 bridgehead atoms. The molecule has 198 valence electrons. The third-order valence-electron chi connectivity index (χ3n) is 7.51. The Bertz CT molecular complexity index is 1460. The summed E-state index contributed by atoms with van der Waals surface area (Å²) in [7, 11) is 2.15. The Kier molecular flexibility index (Phi) is 6.75.